The van der Waals surface area contributed by atoms with Crippen molar-refractivity contribution < 1.29 is 23.9 Å². The molecule has 1 amide bonds. The van der Waals surface area contributed by atoms with E-state index in [1.54, 1.807) is 24.3 Å². The number of para-hydroxylation sites is 1. The molecule has 0 bridgehead atoms. The summed E-state index contributed by atoms with van der Waals surface area (Å²) in [5, 5.41) is 3.19. The van der Waals surface area contributed by atoms with Crippen LogP contribution in [-0.2, 0) is 14.4 Å². The predicted octanol–water partition coefficient (Wildman–Crippen LogP) is 6.95. The van der Waals surface area contributed by atoms with Crippen LogP contribution < -0.4 is 14.8 Å². The summed E-state index contributed by atoms with van der Waals surface area (Å²) in [6.07, 6.45) is 4.22. The van der Waals surface area contributed by atoms with Gasteiger partial charge in [-0.25, -0.2) is 0 Å². The van der Waals surface area contributed by atoms with Crippen molar-refractivity contribution in [1.82, 2.24) is 4.90 Å². The number of benzene rings is 2. The Morgan fingerprint density at radius 3 is 2.25 bits per heavy atom. The second-order valence-electron chi connectivity index (χ2n) is 10.0. The van der Waals surface area contributed by atoms with Gasteiger partial charge in [-0.2, -0.15) is 0 Å². The molecule has 1 N–H and O–H groups in total. The van der Waals surface area contributed by atoms with E-state index in [0.717, 1.165) is 60.3 Å². The maximum atomic E-state index is 13.4. The van der Waals surface area contributed by atoms with Crippen LogP contribution in [0, 0.1) is 0 Å². The molecule has 0 aromatic heterocycles. The Kier molecular flexibility index (Phi) is 8.66. The van der Waals surface area contributed by atoms with Crippen LogP contribution in [0.25, 0.3) is 0 Å². The molecule has 1 aliphatic heterocycles. The van der Waals surface area contributed by atoms with Gasteiger partial charge in [0.05, 0.1) is 21.8 Å². The SMILES string of the molecule is CCOc1cc(C2C3=C(CCCC3=O)N(CC)C3=C2C(=O)CCC3)cc(Br)c1OCC(=O)Nc1ccccc1Cl. The summed E-state index contributed by atoms with van der Waals surface area (Å²) >= 11 is 9.79. The Morgan fingerprint density at radius 2 is 1.65 bits per heavy atom. The highest BCUT2D eigenvalue weighted by Crippen LogP contribution is 2.51. The first-order valence-electron chi connectivity index (χ1n) is 13.8. The van der Waals surface area contributed by atoms with Crippen molar-refractivity contribution in [2.75, 3.05) is 25.1 Å². The van der Waals surface area contributed by atoms with Crippen LogP contribution in [0.2, 0.25) is 5.02 Å². The molecule has 9 heteroatoms. The Hall–Kier alpha value is -3.10. The lowest BCUT2D eigenvalue weighted by Crippen LogP contribution is -2.39. The topological polar surface area (TPSA) is 84.9 Å². The fourth-order valence-electron chi connectivity index (χ4n) is 5.98. The number of hydrogen-bond acceptors (Lipinski definition) is 6. The molecule has 5 rings (SSSR count). The second kappa shape index (κ2) is 12.2. The number of Topliss-reactive ketones (excluding diaryl/α,β-unsaturated/α-hetero) is 2. The summed E-state index contributed by atoms with van der Waals surface area (Å²) in [7, 11) is 0. The number of nitrogens with zero attached hydrogens (tertiary/aromatic N) is 1. The Bertz CT molecular complexity index is 1390. The van der Waals surface area contributed by atoms with Crippen LogP contribution in [0.5, 0.6) is 11.5 Å². The highest BCUT2D eigenvalue weighted by Gasteiger charge is 2.43. The third-order valence-electron chi connectivity index (χ3n) is 7.56. The third kappa shape index (κ3) is 5.44. The number of rotatable bonds is 8. The lowest BCUT2D eigenvalue weighted by molar-refractivity contribution is -0.118. The maximum absolute atomic E-state index is 13.4. The minimum atomic E-state index is -0.457. The minimum absolute atomic E-state index is 0.0975. The van der Waals surface area contributed by atoms with Gasteiger partial charge in [0.25, 0.3) is 5.91 Å². The van der Waals surface area contributed by atoms with Gasteiger partial charge in [0.15, 0.2) is 29.7 Å². The molecule has 0 atom stereocenters. The fourth-order valence-corrected chi connectivity index (χ4v) is 6.73. The van der Waals surface area contributed by atoms with E-state index in [4.69, 9.17) is 21.1 Å². The van der Waals surface area contributed by atoms with Gasteiger partial charge in [0.2, 0.25) is 0 Å². The van der Waals surface area contributed by atoms with E-state index in [2.05, 4.69) is 33.1 Å². The Morgan fingerprint density at radius 1 is 1.00 bits per heavy atom. The van der Waals surface area contributed by atoms with Gasteiger partial charge in [-0.3, -0.25) is 14.4 Å². The number of nitrogens with one attached hydrogen (secondary N) is 1. The minimum Gasteiger partial charge on any atom is -0.490 e. The van der Waals surface area contributed by atoms with Crippen molar-refractivity contribution in [2.24, 2.45) is 0 Å². The van der Waals surface area contributed by atoms with Crippen molar-refractivity contribution in [2.45, 2.75) is 58.3 Å². The number of ether oxygens (including phenoxy) is 2. The van der Waals surface area contributed by atoms with Gasteiger partial charge in [0.1, 0.15) is 0 Å². The van der Waals surface area contributed by atoms with Crippen LogP contribution in [0.4, 0.5) is 5.69 Å². The van der Waals surface area contributed by atoms with Crippen molar-refractivity contribution >= 4 is 50.7 Å². The van der Waals surface area contributed by atoms with E-state index in [9.17, 15) is 14.4 Å². The largest absolute Gasteiger partial charge is 0.490 e. The molecule has 210 valence electrons. The van der Waals surface area contributed by atoms with Gasteiger partial charge < -0.3 is 19.7 Å². The van der Waals surface area contributed by atoms with Crippen LogP contribution >= 0.6 is 27.5 Å². The molecule has 40 heavy (non-hydrogen) atoms. The number of amides is 1. The Labute approximate surface area is 247 Å². The average Bonchev–Trinajstić information content (AvgIpc) is 2.93. The van der Waals surface area contributed by atoms with E-state index in [-0.39, 0.29) is 24.1 Å². The summed E-state index contributed by atoms with van der Waals surface area (Å²) in [6, 6.07) is 10.7. The van der Waals surface area contributed by atoms with Gasteiger partial charge in [0, 0.05) is 47.8 Å². The summed E-state index contributed by atoms with van der Waals surface area (Å²) < 4.78 is 12.5. The van der Waals surface area contributed by atoms with Gasteiger partial charge in [-0.05, 0) is 85.3 Å². The van der Waals surface area contributed by atoms with Crippen molar-refractivity contribution in [3.63, 3.8) is 0 Å². The number of ketones is 2. The quantitative estimate of drug-likeness (QED) is 0.341. The number of carbonyl (C=O) groups is 3. The lowest BCUT2D eigenvalue weighted by Gasteiger charge is -2.43. The zero-order chi connectivity index (χ0) is 28.4. The van der Waals surface area contributed by atoms with Crippen LogP contribution in [0.3, 0.4) is 0 Å². The van der Waals surface area contributed by atoms with Crippen LogP contribution in [0.15, 0.2) is 63.4 Å². The smallest absolute Gasteiger partial charge is 0.262 e. The summed E-state index contributed by atoms with van der Waals surface area (Å²) in [4.78, 5) is 41.7. The highest BCUT2D eigenvalue weighted by molar-refractivity contribution is 9.10. The Balaban J connectivity index is 1.52. The molecule has 7 nitrogen and oxygen atoms in total. The predicted molar refractivity (Wildman–Crippen MR) is 158 cm³/mol. The lowest BCUT2D eigenvalue weighted by atomic mass is 9.71. The number of allylic oxidation sites excluding steroid dienone is 4. The zero-order valence-corrected chi connectivity index (χ0v) is 25.0. The molecule has 0 radical (unpaired) electrons. The first-order valence-corrected chi connectivity index (χ1v) is 14.9. The highest BCUT2D eigenvalue weighted by atomic mass is 79.9. The van der Waals surface area contributed by atoms with Crippen molar-refractivity contribution in [3.8, 4) is 11.5 Å². The molecule has 0 fully saturated rings. The molecule has 1 heterocycles. The van der Waals surface area contributed by atoms with E-state index >= 15 is 0 Å². The number of anilines is 1. The molecule has 0 spiro atoms. The number of halogens is 2. The monoisotopic (exact) mass is 626 g/mol. The molecule has 0 saturated heterocycles. The van der Waals surface area contributed by atoms with Crippen molar-refractivity contribution in [1.29, 1.82) is 0 Å². The van der Waals surface area contributed by atoms with Crippen LogP contribution in [-0.4, -0.2) is 42.1 Å². The summed E-state index contributed by atoms with van der Waals surface area (Å²) in [5.41, 5.74) is 4.83. The molecule has 2 aromatic rings. The first-order chi connectivity index (χ1) is 19.3. The molecule has 3 aliphatic rings. The fraction of sp³-hybridized carbons (Fsp3) is 0.387. The van der Waals surface area contributed by atoms with Gasteiger partial charge in [-0.15, -0.1) is 0 Å². The standard InChI is InChI=1S/C31H32BrClN2O5/c1-3-35-22-11-7-13-24(36)29(22)28(30-23(35)12-8-14-25(30)37)18-15-19(32)31(26(16-18)39-4-2)40-17-27(38)34-21-10-6-5-9-20(21)33/h5-6,9-10,15-16,28H,3-4,7-8,11-14,17H2,1-2H3,(H,34,38). The molecule has 2 aromatic carbocycles. The van der Waals surface area contributed by atoms with Crippen molar-refractivity contribution in [3.05, 3.63) is 74.0 Å². The first kappa shape index (κ1) is 28.4. The average molecular weight is 628 g/mol. The third-order valence-corrected chi connectivity index (χ3v) is 8.48. The molecule has 0 saturated carbocycles. The maximum Gasteiger partial charge on any atom is 0.262 e. The normalized spacial score (nSPS) is 17.6. The molecule has 2 aliphatic carbocycles. The molecular formula is C31H32BrClN2O5. The second-order valence-corrected chi connectivity index (χ2v) is 11.3. The van der Waals surface area contributed by atoms with E-state index in [1.807, 2.05) is 19.1 Å². The zero-order valence-electron chi connectivity index (χ0n) is 22.6. The summed E-state index contributed by atoms with van der Waals surface area (Å²) in [6.45, 7) is 4.77. The summed E-state index contributed by atoms with van der Waals surface area (Å²) in [5.74, 6) is 0.177. The van der Waals surface area contributed by atoms with E-state index in [0.29, 0.717) is 46.1 Å². The van der Waals surface area contributed by atoms with E-state index in [1.165, 1.54) is 0 Å². The van der Waals surface area contributed by atoms with Crippen LogP contribution in [0.1, 0.15) is 63.9 Å². The number of carbonyl (C=O) groups excluding carboxylic acids is 3. The van der Waals surface area contributed by atoms with Gasteiger partial charge >= 0.3 is 0 Å². The number of hydrogen-bond donors (Lipinski definition) is 1. The molecular weight excluding hydrogens is 596 g/mol. The van der Waals surface area contributed by atoms with Gasteiger partial charge in [-0.1, -0.05) is 23.7 Å². The van der Waals surface area contributed by atoms with E-state index < -0.39 is 5.92 Å². The molecule has 0 unspecified atom stereocenters.